The first-order valence-electron chi connectivity index (χ1n) is 8.06. The Morgan fingerprint density at radius 3 is 2.78 bits per heavy atom. The largest absolute Gasteiger partial charge is 0.497 e. The van der Waals surface area contributed by atoms with E-state index < -0.39 is 0 Å². The van der Waals surface area contributed by atoms with Gasteiger partial charge in [-0.15, -0.1) is 0 Å². The minimum absolute atomic E-state index is 0.0471. The van der Waals surface area contributed by atoms with Crippen molar-refractivity contribution in [2.24, 2.45) is 0 Å². The zero-order chi connectivity index (χ0) is 16.3. The Balaban J connectivity index is 1.68. The van der Waals surface area contributed by atoms with Crippen molar-refractivity contribution in [2.45, 2.75) is 44.7 Å². The smallest absolute Gasteiger partial charge is 0.158 e. The molecule has 2 rings (SSSR count). The highest BCUT2D eigenvalue weighted by molar-refractivity contribution is 14.1. The number of halogens is 1. The second-order valence-electron chi connectivity index (χ2n) is 5.48. The van der Waals surface area contributed by atoms with Crippen LogP contribution in [0, 0.1) is 0 Å². The SMILES string of the molecule is COc1ccc(COCCC(/C=C/I)OC2CCCCO2)cc1. The molecule has 1 aliphatic heterocycles. The van der Waals surface area contributed by atoms with Gasteiger partial charge >= 0.3 is 0 Å². The molecule has 23 heavy (non-hydrogen) atoms. The average molecular weight is 432 g/mol. The van der Waals surface area contributed by atoms with Gasteiger partial charge in [0.25, 0.3) is 0 Å². The Hall–Kier alpha value is -0.630. The Bertz CT molecular complexity index is 455. The standard InChI is InChI=1S/C18H25IO4/c1-20-16-7-5-15(6-8-16)14-21-13-10-17(9-11-19)23-18-4-2-3-12-22-18/h5-9,11,17-18H,2-4,10,12-14H2,1H3/b11-9+. The van der Waals surface area contributed by atoms with E-state index in [1.54, 1.807) is 7.11 Å². The van der Waals surface area contributed by atoms with E-state index in [0.29, 0.717) is 13.2 Å². The third-order valence-electron chi connectivity index (χ3n) is 3.73. The number of methoxy groups -OCH3 is 1. The number of hydrogen-bond acceptors (Lipinski definition) is 4. The predicted octanol–water partition coefficient (Wildman–Crippen LogP) is 4.46. The number of ether oxygens (including phenoxy) is 4. The van der Waals surface area contributed by atoms with Gasteiger partial charge in [-0.1, -0.05) is 34.7 Å². The molecule has 0 N–H and O–H groups in total. The molecule has 0 saturated carbocycles. The molecule has 1 saturated heterocycles. The van der Waals surface area contributed by atoms with E-state index in [1.807, 2.05) is 28.3 Å². The van der Waals surface area contributed by atoms with Gasteiger partial charge in [-0.25, -0.2) is 0 Å². The molecule has 1 heterocycles. The maximum atomic E-state index is 6.00. The molecule has 2 unspecified atom stereocenters. The third-order valence-corrected chi connectivity index (χ3v) is 4.14. The lowest BCUT2D eigenvalue weighted by atomic mass is 10.2. The van der Waals surface area contributed by atoms with Crippen molar-refractivity contribution in [1.82, 2.24) is 0 Å². The van der Waals surface area contributed by atoms with Crippen molar-refractivity contribution in [1.29, 1.82) is 0 Å². The molecule has 4 nitrogen and oxygen atoms in total. The molecule has 0 radical (unpaired) electrons. The van der Waals surface area contributed by atoms with Crippen molar-refractivity contribution < 1.29 is 18.9 Å². The second-order valence-corrected chi connectivity index (χ2v) is 6.20. The fraction of sp³-hybridized carbons (Fsp3) is 0.556. The summed E-state index contributed by atoms with van der Waals surface area (Å²) in [5.74, 6) is 0.863. The first-order valence-corrected chi connectivity index (χ1v) is 9.31. The molecule has 1 fully saturated rings. The van der Waals surface area contributed by atoms with E-state index in [2.05, 4.69) is 28.7 Å². The van der Waals surface area contributed by atoms with Gasteiger partial charge in [0, 0.05) is 19.6 Å². The topological polar surface area (TPSA) is 36.9 Å². The maximum absolute atomic E-state index is 6.00. The summed E-state index contributed by atoms with van der Waals surface area (Å²) in [6.45, 7) is 2.06. The van der Waals surface area contributed by atoms with Gasteiger partial charge in [0.1, 0.15) is 5.75 Å². The summed E-state index contributed by atoms with van der Waals surface area (Å²) < 4.78 is 24.5. The van der Waals surface area contributed by atoms with Crippen LogP contribution >= 0.6 is 22.6 Å². The van der Waals surface area contributed by atoms with Gasteiger partial charge in [-0.3, -0.25) is 0 Å². The van der Waals surface area contributed by atoms with Crippen LogP contribution in [0.1, 0.15) is 31.2 Å². The van der Waals surface area contributed by atoms with Gasteiger partial charge in [0.15, 0.2) is 6.29 Å². The van der Waals surface area contributed by atoms with Crippen LogP contribution in [0.3, 0.4) is 0 Å². The van der Waals surface area contributed by atoms with Gasteiger partial charge in [0.2, 0.25) is 0 Å². The highest BCUT2D eigenvalue weighted by Gasteiger charge is 2.18. The van der Waals surface area contributed by atoms with Crippen LogP contribution in [0.15, 0.2) is 34.4 Å². The molecule has 1 aliphatic rings. The van der Waals surface area contributed by atoms with Crippen LogP contribution in [-0.4, -0.2) is 32.7 Å². The zero-order valence-corrected chi connectivity index (χ0v) is 15.7. The lowest BCUT2D eigenvalue weighted by Gasteiger charge is -2.26. The fourth-order valence-corrected chi connectivity index (χ4v) is 2.88. The summed E-state index contributed by atoms with van der Waals surface area (Å²) in [4.78, 5) is 0. The van der Waals surface area contributed by atoms with E-state index in [4.69, 9.17) is 18.9 Å². The second kappa shape index (κ2) is 11.0. The van der Waals surface area contributed by atoms with E-state index in [9.17, 15) is 0 Å². The van der Waals surface area contributed by atoms with Crippen molar-refractivity contribution in [3.63, 3.8) is 0 Å². The number of hydrogen-bond donors (Lipinski definition) is 0. The lowest BCUT2D eigenvalue weighted by Crippen LogP contribution is -2.27. The number of rotatable bonds is 9. The first-order chi connectivity index (χ1) is 11.3. The molecule has 2 atom stereocenters. The molecule has 0 spiro atoms. The molecule has 0 aromatic heterocycles. The van der Waals surface area contributed by atoms with Crippen LogP contribution in [0.4, 0.5) is 0 Å². The zero-order valence-electron chi connectivity index (χ0n) is 13.6. The summed E-state index contributed by atoms with van der Waals surface area (Å²) >= 11 is 2.22. The fourth-order valence-electron chi connectivity index (χ4n) is 2.42. The van der Waals surface area contributed by atoms with Gasteiger partial charge in [-0.05, 0) is 47.1 Å². The lowest BCUT2D eigenvalue weighted by molar-refractivity contribution is -0.181. The van der Waals surface area contributed by atoms with E-state index >= 15 is 0 Å². The third kappa shape index (κ3) is 7.20. The van der Waals surface area contributed by atoms with Crippen LogP contribution in [-0.2, 0) is 20.8 Å². The van der Waals surface area contributed by atoms with Crippen molar-refractivity contribution in [3.8, 4) is 5.75 Å². The number of benzene rings is 1. The molecular weight excluding hydrogens is 407 g/mol. The predicted molar refractivity (Wildman–Crippen MR) is 98.9 cm³/mol. The van der Waals surface area contributed by atoms with Crippen LogP contribution in [0.5, 0.6) is 5.75 Å². The molecule has 1 aromatic rings. The van der Waals surface area contributed by atoms with Gasteiger partial charge < -0.3 is 18.9 Å². The summed E-state index contributed by atoms with van der Waals surface area (Å²) in [6.07, 6.45) is 6.17. The summed E-state index contributed by atoms with van der Waals surface area (Å²) in [5.41, 5.74) is 1.14. The van der Waals surface area contributed by atoms with Crippen LogP contribution in [0.2, 0.25) is 0 Å². The summed E-state index contributed by atoms with van der Waals surface area (Å²) in [6, 6.07) is 7.94. The molecule has 128 valence electrons. The normalized spacial score (nSPS) is 19.8. The van der Waals surface area contributed by atoms with Crippen molar-refractivity contribution in [2.75, 3.05) is 20.3 Å². The monoisotopic (exact) mass is 432 g/mol. The van der Waals surface area contributed by atoms with E-state index in [-0.39, 0.29) is 12.4 Å². The Morgan fingerprint density at radius 1 is 1.30 bits per heavy atom. The van der Waals surface area contributed by atoms with Crippen molar-refractivity contribution in [3.05, 3.63) is 40.0 Å². The molecule has 0 amide bonds. The minimum atomic E-state index is -0.0667. The summed E-state index contributed by atoms with van der Waals surface area (Å²) in [7, 11) is 1.67. The van der Waals surface area contributed by atoms with Crippen LogP contribution < -0.4 is 4.74 Å². The van der Waals surface area contributed by atoms with Gasteiger partial charge in [0.05, 0.1) is 19.8 Å². The van der Waals surface area contributed by atoms with Crippen LogP contribution in [0.25, 0.3) is 0 Å². The quantitative estimate of drug-likeness (QED) is 0.427. The highest BCUT2D eigenvalue weighted by Crippen LogP contribution is 2.18. The minimum Gasteiger partial charge on any atom is -0.497 e. The Morgan fingerprint density at radius 2 is 2.13 bits per heavy atom. The Kier molecular flexibility index (Phi) is 8.96. The van der Waals surface area contributed by atoms with E-state index in [1.165, 1.54) is 6.42 Å². The highest BCUT2D eigenvalue weighted by atomic mass is 127. The molecule has 1 aromatic carbocycles. The van der Waals surface area contributed by atoms with Gasteiger partial charge in [-0.2, -0.15) is 0 Å². The molecule has 0 bridgehead atoms. The Labute approximate surface area is 152 Å². The maximum Gasteiger partial charge on any atom is 0.158 e. The molecular formula is C18H25IO4. The van der Waals surface area contributed by atoms with E-state index in [0.717, 1.165) is 37.2 Å². The molecule has 0 aliphatic carbocycles. The van der Waals surface area contributed by atoms with Crippen molar-refractivity contribution >= 4 is 22.6 Å². The average Bonchev–Trinajstić information content (AvgIpc) is 2.60. The summed E-state index contributed by atoms with van der Waals surface area (Å²) in [5, 5.41) is 0. The molecule has 5 heteroatoms. The first kappa shape index (κ1) is 18.7.